The first-order valence-corrected chi connectivity index (χ1v) is 12.6. The number of terminal acetylenes is 1. The number of carbonyl (C=O) groups excluding carboxylic acids is 2. The molecule has 3 aliphatic rings. The zero-order valence-corrected chi connectivity index (χ0v) is 21.1. The average molecular weight is 481 g/mol. The molecule has 1 aliphatic carbocycles. The zero-order chi connectivity index (χ0) is 25.2. The van der Waals surface area contributed by atoms with Crippen LogP contribution in [0.15, 0.2) is 36.4 Å². The minimum Gasteiger partial charge on any atom is -0.457 e. The summed E-state index contributed by atoms with van der Waals surface area (Å²) < 4.78 is 24.2. The van der Waals surface area contributed by atoms with Gasteiger partial charge in [0.25, 0.3) is 0 Å². The van der Waals surface area contributed by atoms with Gasteiger partial charge in [0.2, 0.25) is 0 Å². The van der Waals surface area contributed by atoms with Gasteiger partial charge in [0.15, 0.2) is 0 Å². The Kier molecular flexibility index (Phi) is 7.40. The highest BCUT2D eigenvalue weighted by molar-refractivity contribution is 5.87. The highest BCUT2D eigenvalue weighted by Gasteiger charge is 2.72. The van der Waals surface area contributed by atoms with Crippen molar-refractivity contribution >= 4 is 18.0 Å². The van der Waals surface area contributed by atoms with E-state index in [0.29, 0.717) is 12.3 Å². The minimum absolute atomic E-state index is 0.0490. The van der Waals surface area contributed by atoms with Crippen molar-refractivity contribution in [1.82, 2.24) is 0 Å². The summed E-state index contributed by atoms with van der Waals surface area (Å²) in [5.41, 5.74) is -0.456. The summed E-state index contributed by atoms with van der Waals surface area (Å²) in [6, 6.07) is 9.66. The first kappa shape index (κ1) is 25.5. The number of carbonyl (C=O) groups is 2. The van der Waals surface area contributed by atoms with Crippen molar-refractivity contribution in [3.05, 3.63) is 42.0 Å². The van der Waals surface area contributed by atoms with E-state index in [1.807, 2.05) is 30.3 Å². The molecule has 2 heterocycles. The molecule has 0 amide bonds. The molecule has 0 radical (unpaired) electrons. The Hall–Kier alpha value is -2.62. The average Bonchev–Trinajstić information content (AvgIpc) is 3.34. The van der Waals surface area contributed by atoms with Crippen LogP contribution >= 0.6 is 0 Å². The molecule has 0 unspecified atom stereocenters. The number of ether oxygens (including phenoxy) is 4. The number of hydrogen-bond acceptors (Lipinski definition) is 6. The lowest BCUT2D eigenvalue weighted by molar-refractivity contribution is -0.264. The monoisotopic (exact) mass is 480 g/mol. The van der Waals surface area contributed by atoms with Crippen LogP contribution in [0.25, 0.3) is 6.08 Å². The maximum absolute atomic E-state index is 13.0. The van der Waals surface area contributed by atoms with Gasteiger partial charge in [-0.3, -0.25) is 0 Å². The van der Waals surface area contributed by atoms with Gasteiger partial charge in [-0.25, -0.2) is 9.59 Å². The summed E-state index contributed by atoms with van der Waals surface area (Å²) >= 11 is 0. The highest BCUT2D eigenvalue weighted by atomic mass is 16.6. The third kappa shape index (κ3) is 4.77. The molecule has 1 aromatic rings. The molecule has 0 aromatic heterocycles. The van der Waals surface area contributed by atoms with Crippen LogP contribution in [0.3, 0.4) is 0 Å². The third-order valence-corrected chi connectivity index (χ3v) is 8.29. The molecule has 6 nitrogen and oxygen atoms in total. The topological polar surface area (TPSA) is 71.1 Å². The zero-order valence-electron chi connectivity index (χ0n) is 21.1. The Bertz CT molecular complexity index is 994. The van der Waals surface area contributed by atoms with Gasteiger partial charge in [-0.1, -0.05) is 57.0 Å². The predicted molar refractivity (Wildman–Crippen MR) is 132 cm³/mol. The van der Waals surface area contributed by atoms with Crippen molar-refractivity contribution in [2.75, 3.05) is 13.2 Å². The standard InChI is InChI=1S/C29H36O6/c1-6-16-32-18-25(31)33-23-17-29(19(2)3)27(26-20(4)12-14-22(26)28(23,5)35-29)34-24(30)15-13-21-10-8-7-9-11-21/h1,7-11,13,15,19-20,22-23,26-27H,12,14,16-18H2,2-5H3/b15-13+/t20-,22-,23-,26-,27+,28+,29-/m1/s1. The predicted octanol–water partition coefficient (Wildman–Crippen LogP) is 4.42. The summed E-state index contributed by atoms with van der Waals surface area (Å²) in [6.45, 7) is 8.31. The number of esters is 2. The molecule has 0 N–H and O–H groups in total. The Morgan fingerprint density at radius 2 is 1.97 bits per heavy atom. The van der Waals surface area contributed by atoms with Gasteiger partial charge in [0.1, 0.15) is 36.6 Å². The molecule has 0 spiro atoms. The molecule has 188 valence electrons. The molecule has 35 heavy (non-hydrogen) atoms. The van der Waals surface area contributed by atoms with Gasteiger partial charge >= 0.3 is 11.9 Å². The molecule has 1 saturated carbocycles. The minimum atomic E-state index is -0.741. The molecule has 3 fully saturated rings. The van der Waals surface area contributed by atoms with Crippen molar-refractivity contribution in [2.45, 2.75) is 70.4 Å². The van der Waals surface area contributed by atoms with Gasteiger partial charge in [-0.15, -0.1) is 6.42 Å². The lowest BCUT2D eigenvalue weighted by Gasteiger charge is -2.52. The quantitative estimate of drug-likeness (QED) is 0.237. The van der Waals surface area contributed by atoms with Crippen LogP contribution in [0.5, 0.6) is 0 Å². The lowest BCUT2D eigenvalue weighted by atomic mass is 9.69. The fraction of sp³-hybridized carbons (Fsp3) is 0.586. The molecule has 2 aliphatic heterocycles. The van der Waals surface area contributed by atoms with E-state index < -0.39 is 29.4 Å². The van der Waals surface area contributed by atoms with Crippen molar-refractivity contribution in [3.8, 4) is 12.3 Å². The van der Waals surface area contributed by atoms with Crippen molar-refractivity contribution < 1.29 is 28.5 Å². The van der Waals surface area contributed by atoms with E-state index in [2.05, 4.69) is 33.6 Å². The van der Waals surface area contributed by atoms with E-state index in [-0.39, 0.29) is 36.9 Å². The summed E-state index contributed by atoms with van der Waals surface area (Å²) in [7, 11) is 0. The molecular weight excluding hydrogens is 444 g/mol. The summed E-state index contributed by atoms with van der Waals surface area (Å²) in [4.78, 5) is 25.6. The van der Waals surface area contributed by atoms with E-state index in [0.717, 1.165) is 18.4 Å². The van der Waals surface area contributed by atoms with E-state index >= 15 is 0 Å². The summed E-state index contributed by atoms with van der Waals surface area (Å²) in [5, 5.41) is 0. The highest BCUT2D eigenvalue weighted by Crippen LogP contribution is 2.63. The Morgan fingerprint density at radius 1 is 1.23 bits per heavy atom. The number of fused-ring (bicyclic) bond motifs is 4. The van der Waals surface area contributed by atoms with Crippen LogP contribution in [-0.4, -0.2) is 48.6 Å². The lowest BCUT2D eigenvalue weighted by Crippen LogP contribution is -2.62. The van der Waals surface area contributed by atoms with E-state index in [9.17, 15) is 9.59 Å². The second-order valence-corrected chi connectivity index (χ2v) is 10.6. The fourth-order valence-electron chi connectivity index (χ4n) is 6.52. The van der Waals surface area contributed by atoms with Gasteiger partial charge in [0.05, 0.1) is 0 Å². The maximum Gasteiger partial charge on any atom is 0.332 e. The number of rotatable bonds is 8. The van der Waals surface area contributed by atoms with E-state index in [1.54, 1.807) is 6.08 Å². The Balaban J connectivity index is 1.60. The van der Waals surface area contributed by atoms with Crippen molar-refractivity contribution in [3.63, 3.8) is 0 Å². The SMILES string of the molecule is C#CCOCC(=O)O[C@@H]1C[C@]2(C(C)C)O[C@@]1(C)[C@@H]1CC[C@@H](C)[C@H]1[C@@H]2OC(=O)/C=C/c1ccccc1. The Morgan fingerprint density at radius 3 is 2.66 bits per heavy atom. The first-order chi connectivity index (χ1) is 16.7. The van der Waals surface area contributed by atoms with Crippen molar-refractivity contribution in [2.24, 2.45) is 23.7 Å². The molecule has 1 aromatic carbocycles. The third-order valence-electron chi connectivity index (χ3n) is 8.29. The van der Waals surface area contributed by atoms with Crippen LogP contribution in [-0.2, 0) is 28.5 Å². The van der Waals surface area contributed by atoms with Crippen molar-refractivity contribution in [1.29, 1.82) is 0 Å². The maximum atomic E-state index is 13.0. The van der Waals surface area contributed by atoms with Gasteiger partial charge in [0, 0.05) is 18.4 Å². The molecular formula is C29H36O6. The van der Waals surface area contributed by atoms with Crippen LogP contribution in [0.2, 0.25) is 0 Å². The second-order valence-electron chi connectivity index (χ2n) is 10.6. The molecule has 2 bridgehead atoms. The summed E-state index contributed by atoms with van der Waals surface area (Å²) in [6.07, 6.45) is 10.0. The van der Waals surface area contributed by atoms with Crippen LogP contribution in [0.4, 0.5) is 0 Å². The second kappa shape index (κ2) is 10.2. The molecule has 4 rings (SSSR count). The number of hydrogen-bond donors (Lipinski definition) is 0. The van der Waals surface area contributed by atoms with E-state index in [4.69, 9.17) is 25.4 Å². The fourth-order valence-corrected chi connectivity index (χ4v) is 6.52. The van der Waals surface area contributed by atoms with Crippen LogP contribution in [0, 0.1) is 36.0 Å². The van der Waals surface area contributed by atoms with Crippen LogP contribution < -0.4 is 0 Å². The Labute approximate surface area is 208 Å². The smallest absolute Gasteiger partial charge is 0.332 e. The first-order valence-electron chi connectivity index (χ1n) is 12.6. The summed E-state index contributed by atoms with van der Waals surface area (Å²) in [5.74, 6) is 2.18. The van der Waals surface area contributed by atoms with Gasteiger partial charge < -0.3 is 18.9 Å². The largest absolute Gasteiger partial charge is 0.457 e. The van der Waals surface area contributed by atoms with Crippen LogP contribution in [0.1, 0.15) is 52.5 Å². The number of benzene rings is 1. The molecule has 2 saturated heterocycles. The normalized spacial score (nSPS) is 35.6. The molecule has 7 atom stereocenters. The van der Waals surface area contributed by atoms with E-state index in [1.165, 1.54) is 6.08 Å². The van der Waals surface area contributed by atoms with Gasteiger partial charge in [-0.05, 0) is 49.2 Å². The molecule has 6 heteroatoms. The van der Waals surface area contributed by atoms with Gasteiger partial charge in [-0.2, -0.15) is 0 Å².